The Hall–Kier alpha value is -1.10. The first kappa shape index (κ1) is 12.0. The first-order chi connectivity index (χ1) is 6.82. The third-order valence-corrected chi connectivity index (χ3v) is 2.02. The lowest BCUT2D eigenvalue weighted by Gasteiger charge is -2.13. The van der Waals surface area contributed by atoms with Gasteiger partial charge in [-0.15, -0.1) is 0 Å². The van der Waals surface area contributed by atoms with Crippen molar-refractivity contribution in [2.75, 3.05) is 0 Å². The number of hydrogen-bond donors (Lipinski definition) is 1. The predicted molar refractivity (Wildman–Crippen MR) is 48.9 cm³/mol. The maximum Gasteiger partial charge on any atom is 0.416 e. The standard InChI is InChI=1S/C10H11F4N/c1-6(15)9(11)7-2-4-8(5-3-7)10(12,13)14/h2-6,9H,15H2,1H3. The molecule has 1 aromatic rings. The topological polar surface area (TPSA) is 26.0 Å². The molecule has 15 heavy (non-hydrogen) atoms. The molecule has 0 aliphatic heterocycles. The molecule has 0 amide bonds. The summed E-state index contributed by atoms with van der Waals surface area (Å²) in [6.45, 7) is 1.46. The molecule has 0 fully saturated rings. The molecule has 5 heteroatoms. The monoisotopic (exact) mass is 221 g/mol. The van der Waals surface area contributed by atoms with E-state index < -0.39 is 24.0 Å². The summed E-state index contributed by atoms with van der Waals surface area (Å²) >= 11 is 0. The molecule has 1 aromatic carbocycles. The van der Waals surface area contributed by atoms with E-state index in [-0.39, 0.29) is 5.56 Å². The number of rotatable bonds is 2. The van der Waals surface area contributed by atoms with Crippen LogP contribution in [0.4, 0.5) is 17.6 Å². The zero-order valence-corrected chi connectivity index (χ0v) is 8.05. The largest absolute Gasteiger partial charge is 0.416 e. The summed E-state index contributed by atoms with van der Waals surface area (Å²) in [5.41, 5.74) is 4.67. The molecule has 0 spiro atoms. The smallest absolute Gasteiger partial charge is 0.325 e. The van der Waals surface area contributed by atoms with Crippen LogP contribution in [0.5, 0.6) is 0 Å². The van der Waals surface area contributed by atoms with Gasteiger partial charge in [-0.05, 0) is 24.6 Å². The van der Waals surface area contributed by atoms with Crippen LogP contribution in [0.25, 0.3) is 0 Å². The molecule has 2 atom stereocenters. The highest BCUT2D eigenvalue weighted by atomic mass is 19.4. The quantitative estimate of drug-likeness (QED) is 0.763. The molecule has 1 nitrogen and oxygen atoms in total. The van der Waals surface area contributed by atoms with E-state index in [4.69, 9.17) is 5.73 Å². The van der Waals surface area contributed by atoms with Crippen LogP contribution in [0, 0.1) is 0 Å². The van der Waals surface area contributed by atoms with Crippen LogP contribution in [0.2, 0.25) is 0 Å². The van der Waals surface area contributed by atoms with Crippen LogP contribution in [0.1, 0.15) is 24.2 Å². The fourth-order valence-electron chi connectivity index (χ4n) is 1.16. The fraction of sp³-hybridized carbons (Fsp3) is 0.400. The van der Waals surface area contributed by atoms with Crippen molar-refractivity contribution in [3.63, 3.8) is 0 Å². The van der Waals surface area contributed by atoms with E-state index in [9.17, 15) is 17.6 Å². The van der Waals surface area contributed by atoms with Crippen LogP contribution < -0.4 is 5.73 Å². The molecular weight excluding hydrogens is 210 g/mol. The molecule has 0 aromatic heterocycles. The highest BCUT2D eigenvalue weighted by molar-refractivity contribution is 5.26. The van der Waals surface area contributed by atoms with Crippen molar-refractivity contribution in [3.05, 3.63) is 35.4 Å². The van der Waals surface area contributed by atoms with E-state index in [0.717, 1.165) is 24.3 Å². The second-order valence-electron chi connectivity index (χ2n) is 3.38. The van der Waals surface area contributed by atoms with Crippen LogP contribution in [0.15, 0.2) is 24.3 Å². The molecule has 2 unspecified atom stereocenters. The van der Waals surface area contributed by atoms with Gasteiger partial charge in [0.15, 0.2) is 0 Å². The summed E-state index contributed by atoms with van der Waals surface area (Å²) in [7, 11) is 0. The summed E-state index contributed by atoms with van der Waals surface area (Å²) < 4.78 is 49.8. The Bertz CT molecular complexity index is 315. The van der Waals surface area contributed by atoms with Crippen LogP contribution in [0.3, 0.4) is 0 Å². The number of benzene rings is 1. The highest BCUT2D eigenvalue weighted by Gasteiger charge is 2.30. The van der Waals surface area contributed by atoms with E-state index in [1.807, 2.05) is 0 Å². The van der Waals surface area contributed by atoms with Gasteiger partial charge in [0.05, 0.1) is 5.56 Å². The van der Waals surface area contributed by atoms with Gasteiger partial charge < -0.3 is 5.73 Å². The third kappa shape index (κ3) is 2.92. The Labute approximate surface area is 84.9 Å². The number of nitrogens with two attached hydrogens (primary N) is 1. The van der Waals surface area contributed by atoms with Crippen LogP contribution >= 0.6 is 0 Å². The molecule has 0 saturated carbocycles. The van der Waals surface area contributed by atoms with Gasteiger partial charge in [0.25, 0.3) is 0 Å². The van der Waals surface area contributed by atoms with Crippen molar-refractivity contribution in [2.45, 2.75) is 25.3 Å². The Kier molecular flexibility index (Phi) is 3.34. The van der Waals surface area contributed by atoms with Crippen molar-refractivity contribution >= 4 is 0 Å². The molecule has 0 heterocycles. The zero-order valence-electron chi connectivity index (χ0n) is 8.05. The minimum atomic E-state index is -4.39. The predicted octanol–water partition coefficient (Wildman–Crippen LogP) is 3.06. The summed E-state index contributed by atoms with van der Waals surface area (Å²) in [6.07, 6.45) is -5.83. The molecule has 0 aliphatic rings. The number of hydrogen-bond acceptors (Lipinski definition) is 1. The average Bonchev–Trinajstić information content (AvgIpc) is 2.15. The maximum absolute atomic E-state index is 13.3. The van der Waals surface area contributed by atoms with E-state index in [0.29, 0.717) is 0 Å². The minimum absolute atomic E-state index is 0.165. The lowest BCUT2D eigenvalue weighted by Crippen LogP contribution is -2.21. The molecule has 0 saturated heterocycles. The first-order valence-electron chi connectivity index (χ1n) is 4.39. The van der Waals surface area contributed by atoms with Crippen LogP contribution in [-0.2, 0) is 6.18 Å². The summed E-state index contributed by atoms with van der Waals surface area (Å²) in [5.74, 6) is 0. The van der Waals surface area contributed by atoms with Gasteiger partial charge in [-0.3, -0.25) is 0 Å². The Morgan fingerprint density at radius 2 is 1.60 bits per heavy atom. The summed E-state index contributed by atoms with van der Waals surface area (Å²) in [4.78, 5) is 0. The van der Waals surface area contributed by atoms with E-state index in [2.05, 4.69) is 0 Å². The molecular formula is C10H11F4N. The van der Waals surface area contributed by atoms with E-state index >= 15 is 0 Å². The molecule has 0 bridgehead atoms. The van der Waals surface area contributed by atoms with Gasteiger partial charge in [-0.25, -0.2) is 4.39 Å². The van der Waals surface area contributed by atoms with Gasteiger partial charge in [0.2, 0.25) is 0 Å². The average molecular weight is 221 g/mol. The van der Waals surface area contributed by atoms with Gasteiger partial charge >= 0.3 is 6.18 Å². The fourth-order valence-corrected chi connectivity index (χ4v) is 1.16. The lowest BCUT2D eigenvalue weighted by atomic mass is 10.0. The van der Waals surface area contributed by atoms with Crippen LogP contribution in [-0.4, -0.2) is 6.04 Å². The van der Waals surface area contributed by atoms with Gasteiger partial charge in [-0.1, -0.05) is 12.1 Å². The van der Waals surface area contributed by atoms with Crippen molar-refractivity contribution in [1.82, 2.24) is 0 Å². The lowest BCUT2D eigenvalue weighted by molar-refractivity contribution is -0.137. The minimum Gasteiger partial charge on any atom is -0.325 e. The molecule has 0 radical (unpaired) electrons. The first-order valence-corrected chi connectivity index (χ1v) is 4.39. The van der Waals surface area contributed by atoms with Crippen molar-refractivity contribution in [2.24, 2.45) is 5.73 Å². The summed E-state index contributed by atoms with van der Waals surface area (Å²) in [5, 5.41) is 0. The van der Waals surface area contributed by atoms with Gasteiger partial charge in [-0.2, -0.15) is 13.2 Å². The molecule has 2 N–H and O–H groups in total. The second kappa shape index (κ2) is 4.18. The molecule has 0 aliphatic carbocycles. The van der Waals surface area contributed by atoms with Crippen molar-refractivity contribution in [3.8, 4) is 0 Å². The van der Waals surface area contributed by atoms with E-state index in [1.54, 1.807) is 0 Å². The second-order valence-corrected chi connectivity index (χ2v) is 3.38. The SMILES string of the molecule is CC(N)C(F)c1ccc(C(F)(F)F)cc1. The Balaban J connectivity index is 2.91. The van der Waals surface area contributed by atoms with Gasteiger partial charge in [0, 0.05) is 6.04 Å². The number of alkyl halides is 4. The normalized spacial score (nSPS) is 16.1. The Morgan fingerprint density at radius 1 is 1.13 bits per heavy atom. The Morgan fingerprint density at radius 3 is 1.93 bits per heavy atom. The van der Waals surface area contributed by atoms with E-state index in [1.165, 1.54) is 6.92 Å². The zero-order chi connectivity index (χ0) is 11.6. The third-order valence-electron chi connectivity index (χ3n) is 2.02. The molecule has 1 rings (SSSR count). The maximum atomic E-state index is 13.3. The molecule has 84 valence electrons. The summed E-state index contributed by atoms with van der Waals surface area (Å²) in [6, 6.07) is 3.18. The number of halogens is 4. The van der Waals surface area contributed by atoms with Gasteiger partial charge in [0.1, 0.15) is 6.17 Å². The van der Waals surface area contributed by atoms with Crippen molar-refractivity contribution < 1.29 is 17.6 Å². The van der Waals surface area contributed by atoms with Crippen molar-refractivity contribution in [1.29, 1.82) is 0 Å². The highest BCUT2D eigenvalue weighted by Crippen LogP contribution is 2.30.